The second kappa shape index (κ2) is 3.53. The highest BCUT2D eigenvalue weighted by molar-refractivity contribution is 7.91. The number of hydrogen-bond acceptors (Lipinski definition) is 4. The predicted molar refractivity (Wildman–Crippen MR) is 63.0 cm³/mol. The third kappa shape index (κ3) is 1.44. The Morgan fingerprint density at radius 2 is 2.19 bits per heavy atom. The van der Waals surface area contributed by atoms with E-state index in [0.717, 1.165) is 13.1 Å². The highest BCUT2D eigenvalue weighted by Crippen LogP contribution is 2.37. The minimum absolute atomic E-state index is 0.206. The summed E-state index contributed by atoms with van der Waals surface area (Å²) in [4.78, 5) is 2.21. The van der Waals surface area contributed by atoms with Gasteiger partial charge in [0.2, 0.25) is 0 Å². The Bertz CT molecular complexity index is 483. The summed E-state index contributed by atoms with van der Waals surface area (Å²) >= 11 is 1.30. The fourth-order valence-corrected chi connectivity index (χ4v) is 5.45. The molecule has 2 aliphatic heterocycles. The van der Waals surface area contributed by atoms with Gasteiger partial charge in [0.25, 0.3) is 10.0 Å². The quantitative estimate of drug-likeness (QED) is 0.783. The van der Waals surface area contributed by atoms with Crippen molar-refractivity contribution in [3.63, 3.8) is 0 Å². The number of sulfonamides is 1. The van der Waals surface area contributed by atoms with Crippen LogP contribution in [0.4, 0.5) is 0 Å². The van der Waals surface area contributed by atoms with Gasteiger partial charge < -0.3 is 4.90 Å². The highest BCUT2D eigenvalue weighted by Gasteiger charge is 2.50. The predicted octanol–water partition coefficient (Wildman–Crippen LogP) is 0.683. The average Bonchev–Trinajstić information content (AvgIpc) is 2.80. The van der Waals surface area contributed by atoms with Gasteiger partial charge in [-0.2, -0.15) is 4.31 Å². The summed E-state index contributed by atoms with van der Waals surface area (Å²) in [5.74, 6) is 0.541. The van der Waals surface area contributed by atoms with Gasteiger partial charge in [-0.15, -0.1) is 11.3 Å². The third-order valence-corrected chi connectivity index (χ3v) is 6.70. The molecule has 2 aliphatic rings. The molecule has 2 saturated heterocycles. The standard InChI is InChI=1S/C10H14N2O2S2/c1-11-5-8-6-12(9(8)7-11)16(13,14)10-3-2-4-15-10/h2-4,8-9H,5-7H2,1H3/t8-,9-/m0/s1. The molecule has 4 nitrogen and oxygen atoms in total. The first-order chi connectivity index (χ1) is 7.59. The SMILES string of the molecule is CN1C[C@H]2CN(S(=O)(=O)c3cccs3)[C@H]2C1. The zero-order chi connectivity index (χ0) is 11.3. The number of rotatable bonds is 2. The summed E-state index contributed by atoms with van der Waals surface area (Å²) in [5.41, 5.74) is 0. The molecule has 0 amide bonds. The zero-order valence-electron chi connectivity index (χ0n) is 9.04. The fraction of sp³-hybridized carbons (Fsp3) is 0.600. The summed E-state index contributed by atoms with van der Waals surface area (Å²) in [6.07, 6.45) is 0. The Morgan fingerprint density at radius 1 is 1.38 bits per heavy atom. The summed E-state index contributed by atoms with van der Waals surface area (Å²) < 4.78 is 26.6. The number of likely N-dealkylation sites (tertiary alicyclic amines) is 1. The lowest BCUT2D eigenvalue weighted by atomic mass is 9.96. The lowest BCUT2D eigenvalue weighted by Crippen LogP contribution is -2.57. The van der Waals surface area contributed by atoms with Crippen molar-refractivity contribution in [2.24, 2.45) is 5.92 Å². The number of likely N-dealkylation sites (N-methyl/N-ethyl adjacent to an activating group) is 1. The Labute approximate surface area is 99.5 Å². The van der Waals surface area contributed by atoms with Gasteiger partial charge in [0.05, 0.1) is 0 Å². The molecule has 6 heteroatoms. The van der Waals surface area contributed by atoms with Crippen LogP contribution in [0.3, 0.4) is 0 Å². The Morgan fingerprint density at radius 3 is 2.81 bits per heavy atom. The second-order valence-electron chi connectivity index (χ2n) is 4.56. The van der Waals surface area contributed by atoms with Crippen LogP contribution in [0.2, 0.25) is 0 Å². The topological polar surface area (TPSA) is 40.6 Å². The van der Waals surface area contributed by atoms with E-state index >= 15 is 0 Å². The molecule has 0 saturated carbocycles. The Hall–Kier alpha value is -0.430. The van der Waals surface area contributed by atoms with Crippen molar-refractivity contribution in [3.8, 4) is 0 Å². The summed E-state index contributed by atoms with van der Waals surface area (Å²) in [7, 11) is -1.16. The van der Waals surface area contributed by atoms with E-state index in [2.05, 4.69) is 4.90 Å². The van der Waals surface area contributed by atoms with Crippen LogP contribution >= 0.6 is 11.3 Å². The molecule has 0 spiro atoms. The first-order valence-electron chi connectivity index (χ1n) is 5.33. The van der Waals surface area contributed by atoms with Gasteiger partial charge in [0.15, 0.2) is 0 Å². The van der Waals surface area contributed by atoms with Crippen molar-refractivity contribution in [3.05, 3.63) is 17.5 Å². The number of nitrogens with zero attached hydrogens (tertiary/aromatic N) is 2. The highest BCUT2D eigenvalue weighted by atomic mass is 32.2. The lowest BCUT2D eigenvalue weighted by molar-refractivity contribution is 0.148. The molecule has 0 aromatic carbocycles. The molecule has 1 aromatic rings. The molecule has 3 heterocycles. The summed E-state index contributed by atoms with van der Waals surface area (Å²) in [6, 6.07) is 3.68. The van der Waals surface area contributed by atoms with E-state index in [1.165, 1.54) is 11.3 Å². The van der Waals surface area contributed by atoms with E-state index in [9.17, 15) is 8.42 Å². The molecule has 2 atom stereocenters. The molecular weight excluding hydrogens is 244 g/mol. The van der Waals surface area contributed by atoms with Crippen LogP contribution in [0.25, 0.3) is 0 Å². The maximum absolute atomic E-state index is 12.2. The van der Waals surface area contributed by atoms with Crippen molar-refractivity contribution in [1.29, 1.82) is 0 Å². The number of thiophene rings is 1. The Kier molecular flexibility index (Phi) is 2.36. The van der Waals surface area contributed by atoms with Crippen molar-refractivity contribution >= 4 is 21.4 Å². The fourth-order valence-electron chi connectivity index (χ4n) is 2.60. The minimum Gasteiger partial charge on any atom is -0.304 e. The molecule has 0 radical (unpaired) electrons. The van der Waals surface area contributed by atoms with Gasteiger partial charge in [0, 0.05) is 31.6 Å². The smallest absolute Gasteiger partial charge is 0.252 e. The van der Waals surface area contributed by atoms with Crippen LogP contribution in [0.1, 0.15) is 0 Å². The molecule has 0 N–H and O–H groups in total. The summed E-state index contributed by atoms with van der Waals surface area (Å²) in [6.45, 7) is 2.59. The molecule has 16 heavy (non-hydrogen) atoms. The van der Waals surface area contributed by atoms with Gasteiger partial charge >= 0.3 is 0 Å². The van der Waals surface area contributed by atoms with Crippen LogP contribution in [-0.4, -0.2) is 50.3 Å². The van der Waals surface area contributed by atoms with E-state index < -0.39 is 10.0 Å². The van der Waals surface area contributed by atoms with E-state index in [4.69, 9.17) is 0 Å². The van der Waals surface area contributed by atoms with Gasteiger partial charge in [-0.05, 0) is 18.5 Å². The first-order valence-corrected chi connectivity index (χ1v) is 7.65. The third-order valence-electron chi connectivity index (χ3n) is 3.43. The van der Waals surface area contributed by atoms with Crippen LogP contribution in [0.5, 0.6) is 0 Å². The summed E-state index contributed by atoms with van der Waals surface area (Å²) in [5, 5.41) is 1.81. The molecule has 0 unspecified atom stereocenters. The maximum atomic E-state index is 12.2. The molecule has 1 aromatic heterocycles. The average molecular weight is 258 g/mol. The van der Waals surface area contributed by atoms with Gasteiger partial charge in [-0.25, -0.2) is 8.42 Å². The molecule has 3 rings (SSSR count). The van der Waals surface area contributed by atoms with E-state index in [0.29, 0.717) is 16.7 Å². The van der Waals surface area contributed by atoms with Gasteiger partial charge in [-0.3, -0.25) is 0 Å². The van der Waals surface area contributed by atoms with E-state index in [1.54, 1.807) is 16.4 Å². The second-order valence-corrected chi connectivity index (χ2v) is 7.62. The van der Waals surface area contributed by atoms with Crippen LogP contribution in [-0.2, 0) is 10.0 Å². The van der Waals surface area contributed by atoms with E-state index in [-0.39, 0.29) is 6.04 Å². The van der Waals surface area contributed by atoms with Crippen molar-refractivity contribution in [2.45, 2.75) is 10.3 Å². The molecule has 88 valence electrons. The van der Waals surface area contributed by atoms with Gasteiger partial charge in [-0.1, -0.05) is 6.07 Å². The molecular formula is C10H14N2O2S2. The van der Waals surface area contributed by atoms with Crippen molar-refractivity contribution < 1.29 is 8.42 Å². The van der Waals surface area contributed by atoms with Gasteiger partial charge in [0.1, 0.15) is 4.21 Å². The van der Waals surface area contributed by atoms with Crippen LogP contribution in [0, 0.1) is 5.92 Å². The normalized spacial score (nSPS) is 31.3. The van der Waals surface area contributed by atoms with Crippen LogP contribution in [0.15, 0.2) is 21.7 Å². The van der Waals surface area contributed by atoms with E-state index in [1.807, 2.05) is 12.4 Å². The molecule has 0 aliphatic carbocycles. The maximum Gasteiger partial charge on any atom is 0.252 e. The van der Waals surface area contributed by atoms with Crippen LogP contribution < -0.4 is 0 Å². The molecule has 2 fully saturated rings. The largest absolute Gasteiger partial charge is 0.304 e. The Balaban J connectivity index is 1.86. The number of fused-ring (bicyclic) bond motifs is 1. The van der Waals surface area contributed by atoms with Crippen molar-refractivity contribution in [1.82, 2.24) is 9.21 Å². The first kappa shape index (κ1) is 10.7. The zero-order valence-corrected chi connectivity index (χ0v) is 10.7. The minimum atomic E-state index is -3.21. The monoisotopic (exact) mass is 258 g/mol. The van der Waals surface area contributed by atoms with Crippen molar-refractivity contribution in [2.75, 3.05) is 26.7 Å². The number of hydrogen-bond donors (Lipinski definition) is 0. The molecule has 0 bridgehead atoms. The lowest BCUT2D eigenvalue weighted by Gasteiger charge is -2.41.